The predicted octanol–water partition coefficient (Wildman–Crippen LogP) is 2.48. The minimum atomic E-state index is -0.408. The highest BCUT2D eigenvalue weighted by molar-refractivity contribution is 6.20. The first-order chi connectivity index (χ1) is 6.15. The highest BCUT2D eigenvalue weighted by Gasteiger charge is 2.05. The molecule has 0 aliphatic heterocycles. The van der Waals surface area contributed by atoms with E-state index in [4.69, 9.17) is 17.3 Å². The first-order valence-corrected chi connectivity index (χ1v) is 4.62. The van der Waals surface area contributed by atoms with Crippen molar-refractivity contribution in [1.82, 2.24) is 0 Å². The van der Waals surface area contributed by atoms with E-state index in [1.807, 2.05) is 19.1 Å². The van der Waals surface area contributed by atoms with Crippen LogP contribution in [0.3, 0.4) is 0 Å². The second-order valence-corrected chi connectivity index (χ2v) is 3.39. The van der Waals surface area contributed by atoms with Gasteiger partial charge in [0.05, 0.1) is 5.38 Å². The largest absolute Gasteiger partial charge is 0.366 e. The normalized spacial score (nSPS) is 12.5. The fourth-order valence-electron chi connectivity index (χ4n) is 1.09. The van der Waals surface area contributed by atoms with Crippen LogP contribution in [-0.2, 0) is 0 Å². The molecule has 13 heavy (non-hydrogen) atoms. The standard InChI is InChI=1S/C10H12ClNO/c1-2-9(11)7-3-5-8(6-4-7)10(12)13/h3-6,9H,2H2,1H3,(H2,12,13). The fourth-order valence-corrected chi connectivity index (χ4v) is 1.24. The Morgan fingerprint density at radius 2 is 2.00 bits per heavy atom. The molecule has 0 saturated heterocycles. The highest BCUT2D eigenvalue weighted by Crippen LogP contribution is 2.23. The lowest BCUT2D eigenvalue weighted by Gasteiger charge is -2.06. The van der Waals surface area contributed by atoms with Crippen molar-refractivity contribution in [3.63, 3.8) is 0 Å². The van der Waals surface area contributed by atoms with Gasteiger partial charge >= 0.3 is 0 Å². The molecule has 70 valence electrons. The Kier molecular flexibility index (Phi) is 3.32. The minimum absolute atomic E-state index is 0.0157. The molecular formula is C10H12ClNO. The summed E-state index contributed by atoms with van der Waals surface area (Å²) < 4.78 is 0. The lowest BCUT2D eigenvalue weighted by molar-refractivity contribution is 0.100. The monoisotopic (exact) mass is 197 g/mol. The molecule has 0 fully saturated rings. The lowest BCUT2D eigenvalue weighted by Crippen LogP contribution is -2.10. The number of primary amides is 1. The highest BCUT2D eigenvalue weighted by atomic mass is 35.5. The Labute approximate surface area is 82.7 Å². The van der Waals surface area contributed by atoms with Gasteiger partial charge in [-0.05, 0) is 24.1 Å². The van der Waals surface area contributed by atoms with Gasteiger partial charge in [-0.1, -0.05) is 19.1 Å². The summed E-state index contributed by atoms with van der Waals surface area (Å²) >= 11 is 6.01. The number of carbonyl (C=O) groups is 1. The third-order valence-electron chi connectivity index (χ3n) is 1.92. The summed E-state index contributed by atoms with van der Waals surface area (Å²) in [6.45, 7) is 2.01. The molecule has 1 aromatic carbocycles. The molecule has 1 unspecified atom stereocenters. The Balaban J connectivity index is 2.87. The maximum atomic E-state index is 10.7. The summed E-state index contributed by atoms with van der Waals surface area (Å²) in [4.78, 5) is 10.7. The first-order valence-electron chi connectivity index (χ1n) is 4.19. The molecule has 1 atom stereocenters. The SMILES string of the molecule is CCC(Cl)c1ccc(C(N)=O)cc1. The van der Waals surface area contributed by atoms with Gasteiger partial charge in [0.2, 0.25) is 5.91 Å². The second kappa shape index (κ2) is 4.28. The fraction of sp³-hybridized carbons (Fsp3) is 0.300. The van der Waals surface area contributed by atoms with Gasteiger partial charge in [-0.15, -0.1) is 11.6 Å². The van der Waals surface area contributed by atoms with E-state index in [1.165, 1.54) is 0 Å². The zero-order chi connectivity index (χ0) is 9.84. The van der Waals surface area contributed by atoms with E-state index in [9.17, 15) is 4.79 Å². The van der Waals surface area contributed by atoms with Crippen molar-refractivity contribution in [3.8, 4) is 0 Å². The number of halogens is 1. The van der Waals surface area contributed by atoms with Crippen molar-refractivity contribution >= 4 is 17.5 Å². The van der Waals surface area contributed by atoms with Crippen molar-refractivity contribution in [3.05, 3.63) is 35.4 Å². The molecular weight excluding hydrogens is 186 g/mol. The Morgan fingerprint density at radius 3 is 2.38 bits per heavy atom. The summed E-state index contributed by atoms with van der Waals surface area (Å²) in [7, 11) is 0. The molecule has 2 nitrogen and oxygen atoms in total. The second-order valence-electron chi connectivity index (χ2n) is 2.86. The minimum Gasteiger partial charge on any atom is -0.366 e. The van der Waals surface area contributed by atoms with Crippen molar-refractivity contribution < 1.29 is 4.79 Å². The van der Waals surface area contributed by atoms with E-state index in [0.717, 1.165) is 12.0 Å². The van der Waals surface area contributed by atoms with Gasteiger partial charge in [0.15, 0.2) is 0 Å². The molecule has 1 aromatic rings. The summed E-state index contributed by atoms with van der Waals surface area (Å²) in [6, 6.07) is 7.06. The van der Waals surface area contributed by atoms with E-state index < -0.39 is 5.91 Å². The van der Waals surface area contributed by atoms with Crippen LogP contribution in [0.25, 0.3) is 0 Å². The molecule has 0 aliphatic carbocycles. The van der Waals surface area contributed by atoms with Crippen LogP contribution in [0.1, 0.15) is 34.6 Å². The number of carbonyl (C=O) groups excluding carboxylic acids is 1. The topological polar surface area (TPSA) is 43.1 Å². The van der Waals surface area contributed by atoms with Crippen molar-refractivity contribution in [2.24, 2.45) is 5.73 Å². The van der Waals surface area contributed by atoms with Crippen LogP contribution in [0.15, 0.2) is 24.3 Å². The van der Waals surface area contributed by atoms with Crippen LogP contribution in [0.2, 0.25) is 0 Å². The predicted molar refractivity (Wildman–Crippen MR) is 53.8 cm³/mol. The Bertz CT molecular complexity index is 294. The van der Waals surface area contributed by atoms with Crippen LogP contribution in [0.5, 0.6) is 0 Å². The molecule has 0 aliphatic rings. The first kappa shape index (κ1) is 10.1. The summed E-state index contributed by atoms with van der Waals surface area (Å²) in [5.41, 5.74) is 6.64. The number of benzene rings is 1. The molecule has 1 amide bonds. The van der Waals surface area contributed by atoms with E-state index >= 15 is 0 Å². The summed E-state index contributed by atoms with van der Waals surface area (Å²) in [5.74, 6) is -0.408. The van der Waals surface area contributed by atoms with Crippen molar-refractivity contribution in [2.45, 2.75) is 18.7 Å². The number of hydrogen-bond acceptors (Lipinski definition) is 1. The summed E-state index contributed by atoms with van der Waals surface area (Å²) in [6.07, 6.45) is 0.872. The average Bonchev–Trinajstić information content (AvgIpc) is 2.17. The molecule has 2 N–H and O–H groups in total. The molecule has 0 saturated carbocycles. The van der Waals surface area contributed by atoms with E-state index in [0.29, 0.717) is 5.56 Å². The van der Waals surface area contributed by atoms with Crippen LogP contribution < -0.4 is 5.73 Å². The van der Waals surface area contributed by atoms with Gasteiger partial charge in [0.25, 0.3) is 0 Å². The average molecular weight is 198 g/mol. The zero-order valence-corrected chi connectivity index (χ0v) is 8.21. The Morgan fingerprint density at radius 1 is 1.46 bits per heavy atom. The molecule has 3 heteroatoms. The van der Waals surface area contributed by atoms with Gasteiger partial charge in [0.1, 0.15) is 0 Å². The Hall–Kier alpha value is -1.02. The molecule has 0 bridgehead atoms. The van der Waals surface area contributed by atoms with E-state index in [1.54, 1.807) is 12.1 Å². The lowest BCUT2D eigenvalue weighted by atomic mass is 10.1. The van der Waals surface area contributed by atoms with E-state index in [2.05, 4.69) is 0 Å². The molecule has 0 heterocycles. The third kappa shape index (κ3) is 2.46. The third-order valence-corrected chi connectivity index (χ3v) is 2.48. The maximum Gasteiger partial charge on any atom is 0.248 e. The number of hydrogen-bond donors (Lipinski definition) is 1. The molecule has 0 aromatic heterocycles. The summed E-state index contributed by atoms with van der Waals surface area (Å²) in [5, 5.41) is 0.0157. The van der Waals surface area contributed by atoms with Crippen LogP contribution in [0, 0.1) is 0 Å². The molecule has 1 rings (SSSR count). The van der Waals surface area contributed by atoms with Gasteiger partial charge < -0.3 is 5.73 Å². The quantitative estimate of drug-likeness (QED) is 0.744. The van der Waals surface area contributed by atoms with Crippen LogP contribution in [-0.4, -0.2) is 5.91 Å². The van der Waals surface area contributed by atoms with Crippen LogP contribution in [0.4, 0.5) is 0 Å². The number of rotatable bonds is 3. The van der Waals surface area contributed by atoms with Crippen molar-refractivity contribution in [1.29, 1.82) is 0 Å². The maximum absolute atomic E-state index is 10.7. The van der Waals surface area contributed by atoms with Gasteiger partial charge in [-0.3, -0.25) is 4.79 Å². The molecule has 0 spiro atoms. The number of amides is 1. The molecule has 0 radical (unpaired) electrons. The zero-order valence-electron chi connectivity index (χ0n) is 7.46. The van der Waals surface area contributed by atoms with Gasteiger partial charge in [-0.2, -0.15) is 0 Å². The van der Waals surface area contributed by atoms with Gasteiger partial charge in [-0.25, -0.2) is 0 Å². The smallest absolute Gasteiger partial charge is 0.248 e. The van der Waals surface area contributed by atoms with Crippen molar-refractivity contribution in [2.75, 3.05) is 0 Å². The number of nitrogens with two attached hydrogens (primary N) is 1. The van der Waals surface area contributed by atoms with Crippen LogP contribution >= 0.6 is 11.6 Å². The number of alkyl halides is 1. The van der Waals surface area contributed by atoms with Gasteiger partial charge in [0, 0.05) is 5.56 Å². The van der Waals surface area contributed by atoms with E-state index in [-0.39, 0.29) is 5.38 Å².